The predicted molar refractivity (Wildman–Crippen MR) is 85.6 cm³/mol. The first-order valence-electron chi connectivity index (χ1n) is 8.46. The molecule has 2 heterocycles. The minimum atomic E-state index is -1.25. The highest BCUT2D eigenvalue weighted by Gasteiger charge is 2.51. The van der Waals surface area contributed by atoms with Crippen molar-refractivity contribution in [1.82, 2.24) is 14.8 Å². The first-order valence-corrected chi connectivity index (χ1v) is 8.46. The molecule has 7 heteroatoms. The Labute approximate surface area is 144 Å². The first kappa shape index (κ1) is 15.9. The second-order valence-corrected chi connectivity index (χ2v) is 6.43. The van der Waals surface area contributed by atoms with Gasteiger partial charge in [0.15, 0.2) is 12.0 Å². The average molecular weight is 343 g/mol. The van der Waals surface area contributed by atoms with Crippen molar-refractivity contribution < 1.29 is 18.7 Å². The zero-order chi connectivity index (χ0) is 17.6. The number of carbonyl (C=O) groups is 2. The van der Waals surface area contributed by atoms with E-state index in [1.165, 1.54) is 4.68 Å². The summed E-state index contributed by atoms with van der Waals surface area (Å²) < 4.78 is 20.8. The highest BCUT2D eigenvalue weighted by atomic mass is 19.1. The van der Waals surface area contributed by atoms with Crippen molar-refractivity contribution in [3.63, 3.8) is 0 Å². The molecule has 0 saturated heterocycles. The molecule has 1 aromatic heterocycles. The number of Topliss-reactive ketones (excluding diaryl/α,β-unsaturated/α-hetero) is 1. The van der Waals surface area contributed by atoms with Crippen molar-refractivity contribution in [3.8, 4) is 0 Å². The Morgan fingerprint density at radius 3 is 2.72 bits per heavy atom. The number of hydrogen-bond acceptors (Lipinski definition) is 5. The number of nitrogens with zero attached hydrogens (tertiary/aromatic N) is 3. The van der Waals surface area contributed by atoms with E-state index in [0.29, 0.717) is 6.42 Å². The lowest BCUT2D eigenvalue weighted by Crippen LogP contribution is -2.14. The van der Waals surface area contributed by atoms with Crippen LogP contribution in [-0.2, 0) is 9.53 Å². The maximum atomic E-state index is 14.3. The smallest absolute Gasteiger partial charge is 0.309 e. The van der Waals surface area contributed by atoms with Crippen LogP contribution in [0.2, 0.25) is 0 Å². The molecule has 0 N–H and O–H groups in total. The van der Waals surface area contributed by atoms with Gasteiger partial charge in [0.05, 0.1) is 18.6 Å². The van der Waals surface area contributed by atoms with E-state index in [4.69, 9.17) is 4.74 Å². The van der Waals surface area contributed by atoms with Crippen LogP contribution in [0.4, 0.5) is 4.39 Å². The number of carbonyl (C=O) groups excluding carboxylic acids is 2. The van der Waals surface area contributed by atoms with Crippen LogP contribution in [-0.4, -0.2) is 33.1 Å². The minimum absolute atomic E-state index is 0.00456. The van der Waals surface area contributed by atoms with Crippen LogP contribution in [0.1, 0.15) is 54.0 Å². The van der Waals surface area contributed by atoms with Gasteiger partial charge in [-0.3, -0.25) is 9.59 Å². The van der Waals surface area contributed by atoms with Gasteiger partial charge in [0.1, 0.15) is 0 Å². The summed E-state index contributed by atoms with van der Waals surface area (Å²) in [4.78, 5) is 28.3. The van der Waals surface area contributed by atoms with E-state index in [0.717, 1.165) is 5.56 Å². The van der Waals surface area contributed by atoms with Gasteiger partial charge in [-0.1, -0.05) is 30.3 Å². The summed E-state index contributed by atoms with van der Waals surface area (Å²) in [5.41, 5.74) is 0.934. The number of fused-ring (bicyclic) bond motifs is 1. The summed E-state index contributed by atoms with van der Waals surface area (Å²) in [7, 11) is 0. The predicted octanol–water partition coefficient (Wildman–Crippen LogP) is 2.66. The molecular formula is C18H18FN3O3. The Kier molecular flexibility index (Phi) is 3.86. The summed E-state index contributed by atoms with van der Waals surface area (Å²) in [5.74, 6) is -1.36. The molecule has 4 rings (SSSR count). The highest BCUT2D eigenvalue weighted by Crippen LogP contribution is 2.43. The van der Waals surface area contributed by atoms with Gasteiger partial charge in [0.2, 0.25) is 11.6 Å². The summed E-state index contributed by atoms with van der Waals surface area (Å²) in [5, 5.41) is 4.26. The summed E-state index contributed by atoms with van der Waals surface area (Å²) in [6, 6.07) is 9.22. The summed E-state index contributed by atoms with van der Waals surface area (Å²) >= 11 is 0. The molecule has 0 amide bonds. The van der Waals surface area contributed by atoms with Crippen molar-refractivity contribution in [1.29, 1.82) is 0 Å². The Hall–Kier alpha value is -2.57. The van der Waals surface area contributed by atoms with E-state index in [1.54, 1.807) is 6.92 Å². The minimum Gasteiger partial charge on any atom is -0.466 e. The SMILES string of the molecule is CCOC(=O)C1CC1C(=O)c1nc2n(n1)[C@H](c1ccccc1)C[C@@H]2F. The van der Waals surface area contributed by atoms with Crippen molar-refractivity contribution in [3.05, 3.63) is 47.5 Å². The van der Waals surface area contributed by atoms with Crippen LogP contribution in [0.5, 0.6) is 0 Å². The van der Waals surface area contributed by atoms with Gasteiger partial charge in [0.25, 0.3) is 0 Å². The van der Waals surface area contributed by atoms with Crippen molar-refractivity contribution >= 4 is 11.8 Å². The fraction of sp³-hybridized carbons (Fsp3) is 0.444. The summed E-state index contributed by atoms with van der Waals surface area (Å²) in [6.45, 7) is 2.01. The molecule has 1 aliphatic carbocycles. The van der Waals surface area contributed by atoms with Crippen LogP contribution in [0.25, 0.3) is 0 Å². The lowest BCUT2D eigenvalue weighted by molar-refractivity contribution is -0.144. The maximum Gasteiger partial charge on any atom is 0.309 e. The monoisotopic (exact) mass is 343 g/mol. The van der Waals surface area contributed by atoms with E-state index >= 15 is 0 Å². The van der Waals surface area contributed by atoms with Gasteiger partial charge in [-0.2, -0.15) is 0 Å². The fourth-order valence-electron chi connectivity index (χ4n) is 3.40. The highest BCUT2D eigenvalue weighted by molar-refractivity contribution is 6.00. The Balaban J connectivity index is 1.56. The van der Waals surface area contributed by atoms with E-state index in [9.17, 15) is 14.0 Å². The number of rotatable bonds is 5. The topological polar surface area (TPSA) is 74.1 Å². The second kappa shape index (κ2) is 6.06. The lowest BCUT2D eigenvalue weighted by atomic mass is 10.0. The van der Waals surface area contributed by atoms with E-state index in [-0.39, 0.29) is 42.5 Å². The van der Waals surface area contributed by atoms with Gasteiger partial charge in [0, 0.05) is 12.3 Å². The third kappa shape index (κ3) is 2.73. The molecule has 1 aliphatic heterocycles. The molecule has 0 bridgehead atoms. The largest absolute Gasteiger partial charge is 0.466 e. The van der Waals surface area contributed by atoms with Crippen LogP contribution >= 0.6 is 0 Å². The number of benzene rings is 1. The average Bonchev–Trinajstić information content (AvgIpc) is 3.21. The Bertz CT molecular complexity index is 820. The first-order chi connectivity index (χ1) is 12.1. The quantitative estimate of drug-likeness (QED) is 0.616. The van der Waals surface area contributed by atoms with Crippen LogP contribution in [0.15, 0.2) is 30.3 Å². The van der Waals surface area contributed by atoms with Gasteiger partial charge in [-0.05, 0) is 18.9 Å². The van der Waals surface area contributed by atoms with Gasteiger partial charge in [-0.25, -0.2) is 14.1 Å². The third-order valence-corrected chi connectivity index (χ3v) is 4.78. The molecule has 0 radical (unpaired) electrons. The van der Waals surface area contributed by atoms with Crippen LogP contribution in [0.3, 0.4) is 0 Å². The zero-order valence-corrected chi connectivity index (χ0v) is 13.8. The molecule has 1 aromatic carbocycles. The van der Waals surface area contributed by atoms with E-state index in [1.807, 2.05) is 30.3 Å². The molecule has 0 spiro atoms. The van der Waals surface area contributed by atoms with Crippen molar-refractivity contribution in [2.24, 2.45) is 11.8 Å². The molecule has 25 heavy (non-hydrogen) atoms. The lowest BCUT2D eigenvalue weighted by Gasteiger charge is -2.11. The van der Waals surface area contributed by atoms with E-state index < -0.39 is 18.0 Å². The number of ether oxygens (including phenoxy) is 1. The maximum absolute atomic E-state index is 14.3. The molecular weight excluding hydrogens is 325 g/mol. The molecule has 6 nitrogen and oxygen atoms in total. The standard InChI is InChI=1S/C18H18FN3O3/c1-2-25-18(24)12-8-11(12)15(23)16-20-17-13(19)9-14(22(17)21-16)10-6-4-3-5-7-10/h3-7,11-14H,2,8-9H2,1H3/t11?,12?,13-,14-/m0/s1. The molecule has 4 atom stereocenters. The van der Waals surface area contributed by atoms with Gasteiger partial charge >= 0.3 is 5.97 Å². The molecule has 2 unspecified atom stereocenters. The molecule has 1 fully saturated rings. The van der Waals surface area contributed by atoms with Crippen LogP contribution in [0, 0.1) is 11.8 Å². The zero-order valence-electron chi connectivity index (χ0n) is 13.8. The molecule has 130 valence electrons. The number of halogens is 1. The third-order valence-electron chi connectivity index (χ3n) is 4.78. The summed E-state index contributed by atoms with van der Waals surface area (Å²) in [6.07, 6.45) is -0.537. The fourth-order valence-corrected chi connectivity index (χ4v) is 3.40. The van der Waals surface area contributed by atoms with E-state index in [2.05, 4.69) is 10.1 Å². The number of hydrogen-bond donors (Lipinski definition) is 0. The Morgan fingerprint density at radius 1 is 1.24 bits per heavy atom. The Morgan fingerprint density at radius 2 is 2.00 bits per heavy atom. The van der Waals surface area contributed by atoms with Gasteiger partial charge in [-0.15, -0.1) is 5.10 Å². The molecule has 1 saturated carbocycles. The van der Waals surface area contributed by atoms with Crippen molar-refractivity contribution in [2.45, 2.75) is 32.0 Å². The normalized spacial score (nSPS) is 27.0. The number of alkyl halides is 1. The number of ketones is 1. The van der Waals surface area contributed by atoms with Gasteiger partial charge < -0.3 is 4.74 Å². The second-order valence-electron chi connectivity index (χ2n) is 6.43. The number of esters is 1. The number of aromatic nitrogens is 3. The van der Waals surface area contributed by atoms with Crippen molar-refractivity contribution in [2.75, 3.05) is 6.61 Å². The molecule has 2 aliphatic rings. The van der Waals surface area contributed by atoms with Crippen LogP contribution < -0.4 is 0 Å². The molecule has 2 aromatic rings.